The highest BCUT2D eigenvalue weighted by Gasteiger charge is 2.11. The van der Waals surface area contributed by atoms with Gasteiger partial charge in [0.15, 0.2) is 0 Å². The van der Waals surface area contributed by atoms with E-state index in [1.807, 2.05) is 41.9 Å². The molecule has 2 rings (SSSR count). The maximum Gasteiger partial charge on any atom is 0.224 e. The SMILES string of the molecule is CC(=O)N(C)c1cc2ccccc2n1C. The standard InChI is InChI=1S/C12H14N2O/c1-9(15)13(2)12-8-10-6-4-5-7-11(10)14(12)3/h4-8H,1-3H3. The zero-order chi connectivity index (χ0) is 11.0. The van der Waals surface area contributed by atoms with Gasteiger partial charge in [-0.25, -0.2) is 0 Å². The summed E-state index contributed by atoms with van der Waals surface area (Å²) in [6.45, 7) is 1.57. The number of amides is 1. The van der Waals surface area contributed by atoms with Gasteiger partial charge in [0.2, 0.25) is 5.91 Å². The number of aromatic nitrogens is 1. The van der Waals surface area contributed by atoms with Crippen LogP contribution in [-0.2, 0) is 11.8 Å². The van der Waals surface area contributed by atoms with Crippen LogP contribution in [0, 0.1) is 0 Å². The van der Waals surface area contributed by atoms with Crippen molar-refractivity contribution in [1.29, 1.82) is 0 Å². The fraction of sp³-hybridized carbons (Fsp3) is 0.250. The number of anilines is 1. The maximum atomic E-state index is 11.3. The lowest BCUT2D eigenvalue weighted by molar-refractivity contribution is -0.116. The lowest BCUT2D eigenvalue weighted by atomic mass is 10.2. The molecule has 1 aromatic heterocycles. The first-order valence-corrected chi connectivity index (χ1v) is 4.90. The molecule has 0 atom stereocenters. The minimum atomic E-state index is 0.0425. The van der Waals surface area contributed by atoms with Gasteiger partial charge < -0.3 is 9.47 Å². The summed E-state index contributed by atoms with van der Waals surface area (Å²) in [6.07, 6.45) is 0. The first-order valence-electron chi connectivity index (χ1n) is 4.90. The second-order valence-corrected chi connectivity index (χ2v) is 3.70. The molecule has 0 N–H and O–H groups in total. The van der Waals surface area contributed by atoms with E-state index in [2.05, 4.69) is 0 Å². The Morgan fingerprint density at radius 3 is 2.60 bits per heavy atom. The molecule has 0 saturated heterocycles. The Bertz CT molecular complexity index is 513. The highest BCUT2D eigenvalue weighted by molar-refractivity contribution is 5.94. The number of nitrogens with zero attached hydrogens (tertiary/aromatic N) is 2. The molecule has 3 heteroatoms. The van der Waals surface area contributed by atoms with Crippen LogP contribution in [0.2, 0.25) is 0 Å². The quantitative estimate of drug-likeness (QED) is 0.695. The molecule has 3 nitrogen and oxygen atoms in total. The van der Waals surface area contributed by atoms with E-state index in [9.17, 15) is 4.79 Å². The van der Waals surface area contributed by atoms with Gasteiger partial charge in [-0.1, -0.05) is 18.2 Å². The second-order valence-electron chi connectivity index (χ2n) is 3.70. The van der Waals surface area contributed by atoms with Gasteiger partial charge in [0, 0.05) is 31.9 Å². The number of benzene rings is 1. The van der Waals surface area contributed by atoms with Gasteiger partial charge in [-0.05, 0) is 12.1 Å². The van der Waals surface area contributed by atoms with Gasteiger partial charge in [0.1, 0.15) is 5.82 Å². The molecule has 0 aliphatic heterocycles. The largest absolute Gasteiger partial charge is 0.330 e. The average Bonchev–Trinajstić information content (AvgIpc) is 2.56. The predicted molar refractivity (Wildman–Crippen MR) is 62.0 cm³/mol. The Labute approximate surface area is 88.9 Å². The Morgan fingerprint density at radius 2 is 2.00 bits per heavy atom. The molecule has 2 aromatic rings. The zero-order valence-electron chi connectivity index (χ0n) is 9.19. The number of aryl methyl sites for hydroxylation is 1. The maximum absolute atomic E-state index is 11.3. The van der Waals surface area contributed by atoms with Crippen LogP contribution in [0.1, 0.15) is 6.92 Å². The van der Waals surface area contributed by atoms with Crippen LogP contribution in [-0.4, -0.2) is 17.5 Å². The molecule has 15 heavy (non-hydrogen) atoms. The van der Waals surface area contributed by atoms with Crippen LogP contribution in [0.4, 0.5) is 5.82 Å². The van der Waals surface area contributed by atoms with Crippen molar-refractivity contribution in [2.45, 2.75) is 6.92 Å². The van der Waals surface area contributed by atoms with Gasteiger partial charge in [-0.15, -0.1) is 0 Å². The molecule has 0 spiro atoms. The summed E-state index contributed by atoms with van der Waals surface area (Å²) >= 11 is 0. The molecule has 0 aliphatic carbocycles. The summed E-state index contributed by atoms with van der Waals surface area (Å²) < 4.78 is 2.02. The van der Waals surface area contributed by atoms with E-state index < -0.39 is 0 Å². The third-order valence-corrected chi connectivity index (χ3v) is 2.74. The van der Waals surface area contributed by atoms with Crippen molar-refractivity contribution < 1.29 is 4.79 Å². The zero-order valence-corrected chi connectivity index (χ0v) is 9.19. The number of fused-ring (bicyclic) bond motifs is 1. The van der Waals surface area contributed by atoms with Crippen LogP contribution in [0.15, 0.2) is 30.3 Å². The van der Waals surface area contributed by atoms with E-state index >= 15 is 0 Å². The number of hydrogen-bond acceptors (Lipinski definition) is 1. The number of carbonyl (C=O) groups is 1. The molecular formula is C12H14N2O. The fourth-order valence-electron chi connectivity index (χ4n) is 1.76. The first-order chi connectivity index (χ1) is 7.11. The van der Waals surface area contributed by atoms with Crippen LogP contribution in [0.3, 0.4) is 0 Å². The van der Waals surface area contributed by atoms with Crippen LogP contribution in [0.25, 0.3) is 10.9 Å². The fourth-order valence-corrected chi connectivity index (χ4v) is 1.76. The van der Waals surface area contributed by atoms with Crippen molar-refractivity contribution in [1.82, 2.24) is 4.57 Å². The van der Waals surface area contributed by atoms with Gasteiger partial charge in [0.05, 0.1) is 0 Å². The van der Waals surface area contributed by atoms with E-state index in [1.165, 1.54) is 0 Å². The van der Waals surface area contributed by atoms with Crippen LogP contribution in [0.5, 0.6) is 0 Å². The smallest absolute Gasteiger partial charge is 0.224 e. The van der Waals surface area contributed by atoms with E-state index in [4.69, 9.17) is 0 Å². The number of hydrogen-bond donors (Lipinski definition) is 0. The van der Waals surface area contributed by atoms with E-state index in [0.717, 1.165) is 16.7 Å². The van der Waals surface area contributed by atoms with Crippen LogP contribution >= 0.6 is 0 Å². The summed E-state index contributed by atoms with van der Waals surface area (Å²) in [7, 11) is 3.76. The molecule has 0 radical (unpaired) electrons. The van der Waals surface area contributed by atoms with Crippen molar-refractivity contribution in [3.05, 3.63) is 30.3 Å². The molecule has 0 fully saturated rings. The molecule has 0 aliphatic rings. The minimum absolute atomic E-state index is 0.0425. The Kier molecular flexibility index (Phi) is 2.23. The molecule has 0 unspecified atom stereocenters. The molecule has 1 amide bonds. The highest BCUT2D eigenvalue weighted by Crippen LogP contribution is 2.24. The number of rotatable bonds is 1. The van der Waals surface area contributed by atoms with E-state index in [-0.39, 0.29) is 5.91 Å². The van der Waals surface area contributed by atoms with E-state index in [1.54, 1.807) is 18.9 Å². The average molecular weight is 202 g/mol. The monoisotopic (exact) mass is 202 g/mol. The molecule has 78 valence electrons. The third-order valence-electron chi connectivity index (χ3n) is 2.74. The second kappa shape index (κ2) is 3.42. The van der Waals surface area contributed by atoms with Crippen molar-refractivity contribution >= 4 is 22.6 Å². The van der Waals surface area contributed by atoms with Crippen molar-refractivity contribution in [3.63, 3.8) is 0 Å². The third kappa shape index (κ3) is 1.50. The highest BCUT2D eigenvalue weighted by atomic mass is 16.2. The number of carbonyl (C=O) groups excluding carboxylic acids is 1. The van der Waals surface area contributed by atoms with Gasteiger partial charge in [0.25, 0.3) is 0 Å². The minimum Gasteiger partial charge on any atom is -0.330 e. The number of para-hydroxylation sites is 1. The Balaban J connectivity index is 2.63. The van der Waals surface area contributed by atoms with Crippen molar-refractivity contribution in [2.24, 2.45) is 7.05 Å². The topological polar surface area (TPSA) is 25.2 Å². The summed E-state index contributed by atoms with van der Waals surface area (Å²) in [6, 6.07) is 10.1. The van der Waals surface area contributed by atoms with Gasteiger partial charge in [-0.2, -0.15) is 0 Å². The summed E-state index contributed by atoms with van der Waals surface area (Å²) in [4.78, 5) is 12.9. The summed E-state index contributed by atoms with van der Waals surface area (Å²) in [5.74, 6) is 0.963. The molecule has 1 heterocycles. The lowest BCUT2D eigenvalue weighted by Gasteiger charge is -2.15. The molecule has 0 saturated carbocycles. The molecule has 0 bridgehead atoms. The summed E-state index contributed by atoms with van der Waals surface area (Å²) in [5, 5.41) is 1.16. The lowest BCUT2D eigenvalue weighted by Crippen LogP contribution is -2.24. The van der Waals surface area contributed by atoms with Crippen LogP contribution < -0.4 is 4.90 Å². The predicted octanol–water partition coefficient (Wildman–Crippen LogP) is 2.16. The van der Waals surface area contributed by atoms with Crippen molar-refractivity contribution in [3.8, 4) is 0 Å². The normalized spacial score (nSPS) is 10.6. The molecular weight excluding hydrogens is 188 g/mol. The van der Waals surface area contributed by atoms with Gasteiger partial charge >= 0.3 is 0 Å². The summed E-state index contributed by atoms with van der Waals surface area (Å²) in [5.41, 5.74) is 1.14. The molecule has 1 aromatic carbocycles. The van der Waals surface area contributed by atoms with Crippen molar-refractivity contribution in [2.75, 3.05) is 11.9 Å². The first kappa shape index (κ1) is 9.77. The Morgan fingerprint density at radius 1 is 1.33 bits per heavy atom. The Hall–Kier alpha value is -1.77. The van der Waals surface area contributed by atoms with Gasteiger partial charge in [-0.3, -0.25) is 4.79 Å². The van der Waals surface area contributed by atoms with E-state index in [0.29, 0.717) is 0 Å².